The lowest BCUT2D eigenvalue weighted by Gasteiger charge is -2.26. The molecule has 2 unspecified atom stereocenters. The molecule has 0 bridgehead atoms. The van der Waals surface area contributed by atoms with Crippen molar-refractivity contribution in [3.63, 3.8) is 0 Å². The van der Waals surface area contributed by atoms with Crippen molar-refractivity contribution in [1.29, 1.82) is 0 Å². The van der Waals surface area contributed by atoms with Crippen LogP contribution >= 0.6 is 0 Å². The van der Waals surface area contributed by atoms with Crippen molar-refractivity contribution in [2.45, 2.75) is 29.9 Å². The molecule has 0 saturated carbocycles. The molecular weight excluding hydrogens is 416 g/mol. The third-order valence-electron chi connectivity index (χ3n) is 6.47. The number of benzene rings is 3. The second kappa shape index (κ2) is 5.50. The highest BCUT2D eigenvalue weighted by atomic mass is 32.2. The van der Waals surface area contributed by atoms with Crippen LogP contribution in [-0.4, -0.2) is 22.1 Å². The molecule has 2 heterocycles. The predicted octanol–water partition coefficient (Wildman–Crippen LogP) is 4.52. The Morgan fingerprint density at radius 1 is 0.833 bits per heavy atom. The summed E-state index contributed by atoms with van der Waals surface area (Å²) < 4.78 is 54.8. The minimum Gasteiger partial charge on any atom is -0.223 e. The molecule has 0 spiro atoms. The Balaban J connectivity index is 1.78. The van der Waals surface area contributed by atoms with E-state index in [1.807, 2.05) is 50.2 Å². The van der Waals surface area contributed by atoms with Gasteiger partial charge in [-0.05, 0) is 41.8 Å². The summed E-state index contributed by atoms with van der Waals surface area (Å²) >= 11 is 0. The Morgan fingerprint density at radius 2 is 1.53 bits per heavy atom. The number of fused-ring (bicyclic) bond motifs is 8. The van der Waals surface area contributed by atoms with Gasteiger partial charge in [0.05, 0.1) is 20.0 Å². The maximum Gasteiger partial charge on any atom is 0.205 e. The van der Waals surface area contributed by atoms with Crippen molar-refractivity contribution in [3.8, 4) is 0 Å². The molecule has 0 radical (unpaired) electrons. The first kappa shape index (κ1) is 18.1. The van der Waals surface area contributed by atoms with Crippen LogP contribution in [0.15, 0.2) is 64.4 Å². The van der Waals surface area contributed by atoms with Crippen LogP contribution in [0.4, 0.5) is 0 Å². The van der Waals surface area contributed by atoms with E-state index in [-0.39, 0.29) is 14.7 Å². The molecule has 2 aliphatic heterocycles. The van der Waals surface area contributed by atoms with Gasteiger partial charge in [0.2, 0.25) is 9.84 Å². The zero-order valence-corrected chi connectivity index (χ0v) is 18.0. The highest BCUT2D eigenvalue weighted by Crippen LogP contribution is 2.59. The molecule has 6 heteroatoms. The second-order valence-corrected chi connectivity index (χ2v) is 12.3. The molecule has 4 nitrogen and oxygen atoms in total. The number of sulfone groups is 2. The highest BCUT2D eigenvalue weighted by molar-refractivity contribution is 8.05. The van der Waals surface area contributed by atoms with Crippen LogP contribution in [0, 0.1) is 13.8 Å². The Kier molecular flexibility index (Phi) is 3.32. The minimum atomic E-state index is -3.92. The van der Waals surface area contributed by atoms with Gasteiger partial charge in [-0.1, -0.05) is 65.7 Å². The molecule has 0 saturated heterocycles. The van der Waals surface area contributed by atoms with Crippen molar-refractivity contribution in [2.75, 3.05) is 0 Å². The Morgan fingerprint density at radius 3 is 2.33 bits per heavy atom. The van der Waals surface area contributed by atoms with Gasteiger partial charge in [0, 0.05) is 11.5 Å². The number of aryl methyl sites for hydroxylation is 2. The lowest BCUT2D eigenvalue weighted by atomic mass is 9.85. The first-order chi connectivity index (χ1) is 14.2. The lowest BCUT2D eigenvalue weighted by Crippen LogP contribution is -2.26. The van der Waals surface area contributed by atoms with Gasteiger partial charge in [-0.3, -0.25) is 0 Å². The van der Waals surface area contributed by atoms with E-state index in [0.29, 0.717) is 10.9 Å². The van der Waals surface area contributed by atoms with E-state index >= 15 is 0 Å². The molecule has 3 aliphatic rings. The normalized spacial score (nSPS) is 24.5. The average molecular weight is 435 g/mol. The van der Waals surface area contributed by atoms with Gasteiger partial charge in [-0.15, -0.1) is 0 Å². The zero-order chi connectivity index (χ0) is 21.0. The predicted molar refractivity (Wildman–Crippen MR) is 118 cm³/mol. The summed E-state index contributed by atoms with van der Waals surface area (Å²) in [5.74, 6) is -0.706. The first-order valence-electron chi connectivity index (χ1n) is 9.77. The molecule has 0 N–H and O–H groups in total. The number of rotatable bonds is 0. The topological polar surface area (TPSA) is 68.3 Å². The van der Waals surface area contributed by atoms with Crippen molar-refractivity contribution in [2.24, 2.45) is 0 Å². The molecular formula is C24H18O4S2. The fourth-order valence-electron chi connectivity index (χ4n) is 5.14. The van der Waals surface area contributed by atoms with Crippen LogP contribution in [0.2, 0.25) is 0 Å². The van der Waals surface area contributed by atoms with E-state index < -0.39 is 30.8 Å². The summed E-state index contributed by atoms with van der Waals surface area (Å²) in [6.45, 7) is 3.85. The fourth-order valence-corrected chi connectivity index (χ4v) is 9.99. The molecule has 1 aliphatic carbocycles. The number of hydrogen-bond donors (Lipinski definition) is 0. The van der Waals surface area contributed by atoms with Crippen molar-refractivity contribution >= 4 is 41.4 Å². The van der Waals surface area contributed by atoms with Gasteiger partial charge in [0.15, 0.2) is 9.84 Å². The SMILES string of the molecule is Cc1ccc2c(c1)C1C3=C(c4c(ccc5ccc(C)cc45)S3(=O)=O)S(=O)(=O)C1C=C2. The van der Waals surface area contributed by atoms with Crippen LogP contribution in [-0.2, 0) is 19.7 Å². The Labute approximate surface area is 175 Å². The molecule has 3 aromatic carbocycles. The summed E-state index contributed by atoms with van der Waals surface area (Å²) in [6.07, 6.45) is 3.46. The Hall–Kier alpha value is -2.70. The van der Waals surface area contributed by atoms with Crippen LogP contribution in [0.3, 0.4) is 0 Å². The minimum absolute atomic E-state index is 0.00251. The van der Waals surface area contributed by atoms with Gasteiger partial charge in [-0.2, -0.15) is 0 Å². The average Bonchev–Trinajstić information content (AvgIpc) is 3.09. The maximum absolute atomic E-state index is 13.7. The van der Waals surface area contributed by atoms with E-state index in [1.165, 1.54) is 0 Å². The third-order valence-corrected chi connectivity index (χ3v) is 10.7. The van der Waals surface area contributed by atoms with E-state index in [1.54, 1.807) is 24.3 Å². The smallest absolute Gasteiger partial charge is 0.205 e. The fraction of sp³-hybridized carbons (Fsp3) is 0.167. The molecule has 0 amide bonds. The van der Waals surface area contributed by atoms with Gasteiger partial charge in [0.25, 0.3) is 0 Å². The Bertz CT molecular complexity index is 1590. The molecule has 150 valence electrons. The molecule has 2 atom stereocenters. The molecule has 0 fully saturated rings. The van der Waals surface area contributed by atoms with Crippen LogP contribution in [0.1, 0.15) is 33.7 Å². The zero-order valence-electron chi connectivity index (χ0n) is 16.4. The van der Waals surface area contributed by atoms with Gasteiger partial charge >= 0.3 is 0 Å². The van der Waals surface area contributed by atoms with Gasteiger partial charge in [0.1, 0.15) is 0 Å². The molecule has 3 aromatic rings. The standard InChI is InChI=1S/C24H18O4S2/c1-13-3-5-15-7-9-19-21(17(15)11-13)23-24(29(19,25)26)22-18-12-14(2)4-6-16(18)8-10-20(22)30(23,27)28/h3-12,19,21H,1-2H3. The molecule has 30 heavy (non-hydrogen) atoms. The van der Waals surface area contributed by atoms with E-state index in [4.69, 9.17) is 0 Å². The lowest BCUT2D eigenvalue weighted by molar-refractivity contribution is 0.592. The summed E-state index contributed by atoms with van der Waals surface area (Å²) in [4.78, 5) is 0.159. The number of allylic oxidation sites excluding steroid dienone is 1. The van der Waals surface area contributed by atoms with Gasteiger partial charge in [-0.25, -0.2) is 16.8 Å². The molecule has 0 aromatic heterocycles. The first-order valence-corrected chi connectivity index (χ1v) is 12.8. The third kappa shape index (κ3) is 2.05. The van der Waals surface area contributed by atoms with E-state index in [0.717, 1.165) is 27.6 Å². The summed E-state index contributed by atoms with van der Waals surface area (Å²) in [6, 6.07) is 14.8. The van der Waals surface area contributed by atoms with Crippen molar-refractivity contribution < 1.29 is 16.8 Å². The molecule has 6 rings (SSSR count). The van der Waals surface area contributed by atoms with Gasteiger partial charge < -0.3 is 0 Å². The van der Waals surface area contributed by atoms with Crippen molar-refractivity contribution in [1.82, 2.24) is 0 Å². The van der Waals surface area contributed by atoms with Crippen LogP contribution in [0.5, 0.6) is 0 Å². The summed E-state index contributed by atoms with van der Waals surface area (Å²) in [5.41, 5.74) is 3.92. The van der Waals surface area contributed by atoms with Crippen molar-refractivity contribution in [3.05, 3.63) is 87.3 Å². The maximum atomic E-state index is 13.7. The highest BCUT2D eigenvalue weighted by Gasteiger charge is 2.57. The number of hydrogen-bond acceptors (Lipinski definition) is 4. The summed E-state index contributed by atoms with van der Waals surface area (Å²) in [7, 11) is -7.77. The monoisotopic (exact) mass is 434 g/mol. The quantitative estimate of drug-likeness (QED) is 0.522. The van der Waals surface area contributed by atoms with E-state index in [2.05, 4.69) is 0 Å². The van der Waals surface area contributed by atoms with E-state index in [9.17, 15) is 16.8 Å². The van der Waals surface area contributed by atoms with Crippen LogP contribution < -0.4 is 0 Å². The van der Waals surface area contributed by atoms with Crippen LogP contribution in [0.25, 0.3) is 21.8 Å². The second-order valence-electron chi connectivity index (χ2n) is 8.34. The largest absolute Gasteiger partial charge is 0.223 e. The summed E-state index contributed by atoms with van der Waals surface area (Å²) in [5, 5.41) is 0.622.